The van der Waals surface area contributed by atoms with Crippen LogP contribution < -0.4 is 9.47 Å². The van der Waals surface area contributed by atoms with Gasteiger partial charge in [0.2, 0.25) is 0 Å². The molecule has 0 fully saturated rings. The molecule has 15 heavy (non-hydrogen) atoms. The van der Waals surface area contributed by atoms with Gasteiger partial charge in [-0.3, -0.25) is 0 Å². The molecule has 0 spiro atoms. The minimum Gasteiger partial charge on any atom is -0.497 e. The van der Waals surface area contributed by atoms with Crippen LogP contribution in [0.2, 0.25) is 0 Å². The van der Waals surface area contributed by atoms with Gasteiger partial charge in [0.25, 0.3) is 9.05 Å². The van der Waals surface area contributed by atoms with E-state index in [0.29, 0.717) is 11.3 Å². The summed E-state index contributed by atoms with van der Waals surface area (Å²) in [5.74, 6) is 0.704. The molecule has 1 aromatic rings. The third-order valence-corrected chi connectivity index (χ3v) is 3.39. The maximum atomic E-state index is 11.3. The topological polar surface area (TPSA) is 52.6 Å². The summed E-state index contributed by atoms with van der Waals surface area (Å²) in [4.78, 5) is -0.0209. The van der Waals surface area contributed by atoms with E-state index in [-0.39, 0.29) is 10.6 Å². The second-order valence-electron chi connectivity index (χ2n) is 2.91. The molecule has 0 aliphatic heterocycles. The highest BCUT2D eigenvalue weighted by atomic mass is 35.7. The molecule has 1 rings (SSSR count). The van der Waals surface area contributed by atoms with Gasteiger partial charge in [-0.25, -0.2) is 8.42 Å². The van der Waals surface area contributed by atoms with Gasteiger partial charge >= 0.3 is 0 Å². The summed E-state index contributed by atoms with van der Waals surface area (Å²) in [5, 5.41) is 0. The van der Waals surface area contributed by atoms with Gasteiger partial charge in [-0.05, 0) is 18.6 Å². The van der Waals surface area contributed by atoms with E-state index in [9.17, 15) is 8.42 Å². The van der Waals surface area contributed by atoms with E-state index >= 15 is 0 Å². The summed E-state index contributed by atoms with van der Waals surface area (Å²) in [5.41, 5.74) is 0.487. The maximum Gasteiger partial charge on any atom is 0.265 e. The van der Waals surface area contributed by atoms with Gasteiger partial charge in [0.1, 0.15) is 16.4 Å². The second kappa shape index (κ2) is 4.28. The highest BCUT2D eigenvalue weighted by Crippen LogP contribution is 2.33. The number of aryl methyl sites for hydroxylation is 1. The first-order chi connectivity index (χ1) is 6.90. The fourth-order valence-corrected chi connectivity index (χ4v) is 2.71. The van der Waals surface area contributed by atoms with Gasteiger partial charge in [0.15, 0.2) is 0 Å². The van der Waals surface area contributed by atoms with Crippen molar-refractivity contribution in [2.24, 2.45) is 0 Å². The van der Waals surface area contributed by atoms with Crippen LogP contribution in [0.1, 0.15) is 5.56 Å². The highest BCUT2D eigenvalue weighted by molar-refractivity contribution is 8.13. The van der Waals surface area contributed by atoms with Crippen molar-refractivity contribution in [1.29, 1.82) is 0 Å². The number of hydrogen-bond donors (Lipinski definition) is 0. The Morgan fingerprint density at radius 3 is 2.20 bits per heavy atom. The molecule has 6 heteroatoms. The largest absolute Gasteiger partial charge is 0.497 e. The molecular formula is C9H11ClO4S. The Hall–Kier alpha value is -0.940. The molecule has 0 atom stereocenters. The van der Waals surface area contributed by atoms with Crippen LogP contribution in [0.5, 0.6) is 11.5 Å². The standard InChI is InChI=1S/C9H11ClO4S/c1-6-4-7(13-2)5-8(14-3)9(6)15(10,11)12/h4-5H,1-3H3. The molecule has 0 N–H and O–H groups in total. The Morgan fingerprint density at radius 1 is 1.20 bits per heavy atom. The molecule has 0 bridgehead atoms. The number of methoxy groups -OCH3 is 2. The van der Waals surface area contributed by atoms with E-state index in [1.54, 1.807) is 13.0 Å². The van der Waals surface area contributed by atoms with Gasteiger partial charge in [-0.15, -0.1) is 0 Å². The molecule has 0 aromatic heterocycles. The highest BCUT2D eigenvalue weighted by Gasteiger charge is 2.20. The Kier molecular flexibility index (Phi) is 3.46. The SMILES string of the molecule is COc1cc(C)c(S(=O)(=O)Cl)c(OC)c1. The number of hydrogen-bond acceptors (Lipinski definition) is 4. The summed E-state index contributed by atoms with van der Waals surface area (Å²) in [6, 6.07) is 3.06. The first-order valence-corrected chi connectivity index (χ1v) is 6.38. The molecular weight excluding hydrogens is 240 g/mol. The molecule has 4 nitrogen and oxygen atoms in total. The Labute approximate surface area is 93.2 Å². The lowest BCUT2D eigenvalue weighted by atomic mass is 10.2. The first-order valence-electron chi connectivity index (χ1n) is 4.07. The van der Waals surface area contributed by atoms with Gasteiger partial charge in [0.05, 0.1) is 14.2 Å². The van der Waals surface area contributed by atoms with Gasteiger partial charge in [-0.2, -0.15) is 0 Å². The normalized spacial score (nSPS) is 11.2. The van der Waals surface area contributed by atoms with Crippen molar-refractivity contribution in [3.63, 3.8) is 0 Å². The number of halogens is 1. The minimum atomic E-state index is -3.81. The lowest BCUT2D eigenvalue weighted by Gasteiger charge is -2.10. The van der Waals surface area contributed by atoms with Crippen LogP contribution in [0.3, 0.4) is 0 Å². The van der Waals surface area contributed by atoms with Crippen LogP contribution in [0.15, 0.2) is 17.0 Å². The quantitative estimate of drug-likeness (QED) is 0.770. The van der Waals surface area contributed by atoms with Gasteiger partial charge < -0.3 is 9.47 Å². The molecule has 1 aromatic carbocycles. The minimum absolute atomic E-state index is 0.0209. The molecule has 84 valence electrons. The smallest absolute Gasteiger partial charge is 0.265 e. The van der Waals surface area contributed by atoms with E-state index < -0.39 is 9.05 Å². The van der Waals surface area contributed by atoms with E-state index in [2.05, 4.69) is 0 Å². The maximum absolute atomic E-state index is 11.3. The van der Waals surface area contributed by atoms with Crippen LogP contribution in [-0.4, -0.2) is 22.6 Å². The summed E-state index contributed by atoms with van der Waals surface area (Å²) in [7, 11) is 4.35. The Bertz CT molecular complexity index is 467. The zero-order valence-corrected chi connectivity index (χ0v) is 10.1. The molecule has 0 heterocycles. The van der Waals surface area contributed by atoms with Crippen LogP contribution in [0, 0.1) is 6.92 Å². The van der Waals surface area contributed by atoms with Crippen LogP contribution >= 0.6 is 10.7 Å². The fraction of sp³-hybridized carbons (Fsp3) is 0.333. The Morgan fingerprint density at radius 2 is 1.80 bits per heavy atom. The van der Waals surface area contributed by atoms with E-state index in [4.69, 9.17) is 20.2 Å². The lowest BCUT2D eigenvalue weighted by molar-refractivity contribution is 0.385. The second-order valence-corrected chi connectivity index (χ2v) is 5.42. The van der Waals surface area contributed by atoms with Crippen LogP contribution in [0.4, 0.5) is 0 Å². The van der Waals surface area contributed by atoms with E-state index in [1.807, 2.05) is 0 Å². The fourth-order valence-electron chi connectivity index (χ4n) is 1.29. The van der Waals surface area contributed by atoms with Crippen molar-refractivity contribution in [2.45, 2.75) is 11.8 Å². The number of ether oxygens (including phenoxy) is 2. The number of rotatable bonds is 3. The molecule has 0 aliphatic rings. The average Bonchev–Trinajstić information content (AvgIpc) is 2.14. The van der Waals surface area contributed by atoms with Crippen molar-refractivity contribution in [1.82, 2.24) is 0 Å². The third kappa shape index (κ3) is 2.54. The van der Waals surface area contributed by atoms with Crippen molar-refractivity contribution >= 4 is 19.7 Å². The van der Waals surface area contributed by atoms with E-state index in [1.165, 1.54) is 20.3 Å². The first kappa shape index (κ1) is 12.1. The predicted molar refractivity (Wildman–Crippen MR) is 57.3 cm³/mol. The lowest BCUT2D eigenvalue weighted by Crippen LogP contribution is -2.00. The summed E-state index contributed by atoms with van der Waals surface area (Å²) in [6.07, 6.45) is 0. The summed E-state index contributed by atoms with van der Waals surface area (Å²) < 4.78 is 32.5. The molecule has 0 saturated heterocycles. The molecule has 0 aliphatic carbocycles. The van der Waals surface area contributed by atoms with Crippen LogP contribution in [0.25, 0.3) is 0 Å². The molecule has 0 saturated carbocycles. The van der Waals surface area contributed by atoms with Crippen LogP contribution in [-0.2, 0) is 9.05 Å². The average molecular weight is 251 g/mol. The van der Waals surface area contributed by atoms with E-state index in [0.717, 1.165) is 0 Å². The number of benzene rings is 1. The zero-order valence-electron chi connectivity index (χ0n) is 8.57. The van der Waals surface area contributed by atoms with Crippen molar-refractivity contribution < 1.29 is 17.9 Å². The third-order valence-electron chi connectivity index (χ3n) is 1.91. The molecule has 0 unspecified atom stereocenters. The van der Waals surface area contributed by atoms with Crippen molar-refractivity contribution in [3.8, 4) is 11.5 Å². The monoisotopic (exact) mass is 250 g/mol. The van der Waals surface area contributed by atoms with Gasteiger partial charge in [-0.1, -0.05) is 0 Å². The Balaban J connectivity index is 3.52. The molecule has 0 radical (unpaired) electrons. The van der Waals surface area contributed by atoms with Crippen molar-refractivity contribution in [3.05, 3.63) is 17.7 Å². The van der Waals surface area contributed by atoms with Gasteiger partial charge in [0, 0.05) is 16.7 Å². The summed E-state index contributed by atoms with van der Waals surface area (Å²) >= 11 is 0. The molecule has 0 amide bonds. The zero-order chi connectivity index (χ0) is 11.6. The predicted octanol–water partition coefficient (Wildman–Crippen LogP) is 1.94. The summed E-state index contributed by atoms with van der Waals surface area (Å²) in [6.45, 7) is 1.63. The van der Waals surface area contributed by atoms with Crippen molar-refractivity contribution in [2.75, 3.05) is 14.2 Å².